The van der Waals surface area contributed by atoms with Crippen molar-refractivity contribution in [1.29, 1.82) is 0 Å². The van der Waals surface area contributed by atoms with Crippen LogP contribution < -0.4 is 5.73 Å². The SMILES string of the molecule is Cc1cccc(C(=O)N(C/C(N)=N/O)C(C)C)c1Br. The van der Waals surface area contributed by atoms with Crippen LogP contribution in [0.4, 0.5) is 0 Å². The maximum absolute atomic E-state index is 12.5. The minimum Gasteiger partial charge on any atom is -0.409 e. The number of aryl methyl sites for hydroxylation is 1. The van der Waals surface area contributed by atoms with Gasteiger partial charge < -0.3 is 15.8 Å². The molecule has 0 radical (unpaired) electrons. The van der Waals surface area contributed by atoms with E-state index in [1.807, 2.05) is 32.9 Å². The zero-order chi connectivity index (χ0) is 14.6. The Balaban J connectivity index is 3.10. The summed E-state index contributed by atoms with van der Waals surface area (Å²) in [5.74, 6) is -0.150. The van der Waals surface area contributed by atoms with Crippen molar-refractivity contribution in [3.63, 3.8) is 0 Å². The number of amides is 1. The summed E-state index contributed by atoms with van der Waals surface area (Å²) < 4.78 is 0.769. The molecular weight excluding hydrogens is 310 g/mol. The van der Waals surface area contributed by atoms with Crippen molar-refractivity contribution >= 4 is 27.7 Å². The zero-order valence-corrected chi connectivity index (χ0v) is 12.8. The van der Waals surface area contributed by atoms with Crippen molar-refractivity contribution in [2.24, 2.45) is 10.9 Å². The predicted octanol–water partition coefficient (Wildman–Crippen LogP) is 2.35. The molecule has 1 aromatic rings. The number of hydrogen-bond donors (Lipinski definition) is 2. The fraction of sp³-hybridized carbons (Fsp3) is 0.385. The Hall–Kier alpha value is -1.56. The first-order valence-electron chi connectivity index (χ1n) is 5.91. The molecule has 0 atom stereocenters. The Morgan fingerprint density at radius 2 is 2.16 bits per heavy atom. The average Bonchev–Trinajstić information content (AvgIpc) is 2.37. The lowest BCUT2D eigenvalue weighted by atomic mass is 10.1. The summed E-state index contributed by atoms with van der Waals surface area (Å²) in [6, 6.07) is 5.45. The third kappa shape index (κ3) is 3.70. The molecule has 0 fully saturated rings. The van der Waals surface area contributed by atoms with E-state index >= 15 is 0 Å². The Morgan fingerprint density at radius 1 is 1.53 bits per heavy atom. The van der Waals surface area contributed by atoms with Gasteiger partial charge in [0.2, 0.25) is 0 Å². The minimum atomic E-state index is -0.155. The number of amidine groups is 1. The number of oxime groups is 1. The number of halogens is 1. The van der Waals surface area contributed by atoms with E-state index in [-0.39, 0.29) is 24.3 Å². The summed E-state index contributed by atoms with van der Waals surface area (Å²) in [4.78, 5) is 14.1. The number of benzene rings is 1. The van der Waals surface area contributed by atoms with Gasteiger partial charge in [0.25, 0.3) is 5.91 Å². The molecule has 0 bridgehead atoms. The molecule has 0 saturated heterocycles. The highest BCUT2D eigenvalue weighted by atomic mass is 79.9. The maximum atomic E-state index is 12.5. The first kappa shape index (κ1) is 15.5. The van der Waals surface area contributed by atoms with Crippen LogP contribution in [0.25, 0.3) is 0 Å². The van der Waals surface area contributed by atoms with Crippen LogP contribution in [0.15, 0.2) is 27.8 Å². The van der Waals surface area contributed by atoms with Crippen molar-refractivity contribution in [1.82, 2.24) is 4.90 Å². The van der Waals surface area contributed by atoms with Gasteiger partial charge in [0.15, 0.2) is 5.84 Å². The van der Waals surface area contributed by atoms with Crippen molar-refractivity contribution in [2.75, 3.05) is 6.54 Å². The standard InChI is InChI=1S/C13H18BrN3O2/c1-8(2)17(7-11(15)16-19)13(18)10-6-4-5-9(3)12(10)14/h4-6,8,19H,7H2,1-3H3,(H2,15,16). The largest absolute Gasteiger partial charge is 0.409 e. The van der Waals surface area contributed by atoms with Crippen LogP contribution in [0.1, 0.15) is 29.8 Å². The summed E-state index contributed by atoms with van der Waals surface area (Å²) in [6.45, 7) is 5.77. The van der Waals surface area contributed by atoms with E-state index in [1.165, 1.54) is 0 Å². The number of hydrogen-bond acceptors (Lipinski definition) is 3. The molecule has 104 valence electrons. The Labute approximate surface area is 121 Å². The van der Waals surface area contributed by atoms with Crippen LogP contribution in [0.3, 0.4) is 0 Å². The molecule has 3 N–H and O–H groups in total. The van der Waals surface area contributed by atoms with Crippen molar-refractivity contribution in [3.8, 4) is 0 Å². The van der Waals surface area contributed by atoms with E-state index in [4.69, 9.17) is 10.9 Å². The Kier molecular flexibility index (Phi) is 5.35. The molecule has 5 nitrogen and oxygen atoms in total. The van der Waals surface area contributed by atoms with Gasteiger partial charge in [-0.3, -0.25) is 4.79 Å². The van der Waals surface area contributed by atoms with Gasteiger partial charge in [0.1, 0.15) is 0 Å². The lowest BCUT2D eigenvalue weighted by molar-refractivity contribution is 0.0733. The molecular formula is C13H18BrN3O2. The van der Waals surface area contributed by atoms with E-state index in [9.17, 15) is 4.79 Å². The van der Waals surface area contributed by atoms with Gasteiger partial charge in [-0.05, 0) is 48.3 Å². The van der Waals surface area contributed by atoms with E-state index in [2.05, 4.69) is 21.1 Å². The minimum absolute atomic E-state index is 0.00539. The summed E-state index contributed by atoms with van der Waals surface area (Å²) in [6.07, 6.45) is 0. The molecule has 0 spiro atoms. The molecule has 0 saturated carbocycles. The highest BCUT2D eigenvalue weighted by Gasteiger charge is 2.22. The molecule has 1 rings (SSSR count). The third-order valence-electron chi connectivity index (χ3n) is 2.77. The van der Waals surface area contributed by atoms with Gasteiger partial charge >= 0.3 is 0 Å². The van der Waals surface area contributed by atoms with Gasteiger partial charge in [-0.2, -0.15) is 0 Å². The molecule has 1 aromatic carbocycles. The summed E-state index contributed by atoms with van der Waals surface area (Å²) in [5, 5.41) is 11.5. The first-order chi connectivity index (χ1) is 8.88. The number of nitrogens with two attached hydrogens (primary N) is 1. The first-order valence-corrected chi connectivity index (χ1v) is 6.70. The van der Waals surface area contributed by atoms with Crippen LogP contribution in [0, 0.1) is 6.92 Å². The summed E-state index contributed by atoms with van der Waals surface area (Å²) in [7, 11) is 0. The second-order valence-corrected chi connectivity index (χ2v) is 5.35. The molecule has 0 unspecified atom stereocenters. The van der Waals surface area contributed by atoms with E-state index < -0.39 is 0 Å². The van der Waals surface area contributed by atoms with Gasteiger partial charge in [0, 0.05) is 10.5 Å². The zero-order valence-electron chi connectivity index (χ0n) is 11.2. The normalized spacial score (nSPS) is 11.7. The van der Waals surface area contributed by atoms with E-state index in [0.717, 1.165) is 10.0 Å². The number of carbonyl (C=O) groups excluding carboxylic acids is 1. The molecule has 0 aromatic heterocycles. The van der Waals surface area contributed by atoms with E-state index in [0.29, 0.717) is 5.56 Å². The highest BCUT2D eigenvalue weighted by Crippen LogP contribution is 2.23. The molecule has 6 heteroatoms. The lowest BCUT2D eigenvalue weighted by Crippen LogP contribution is -2.43. The van der Waals surface area contributed by atoms with Crippen LogP contribution in [0.5, 0.6) is 0 Å². The number of rotatable bonds is 4. The Bertz CT molecular complexity index is 501. The Morgan fingerprint density at radius 3 is 2.68 bits per heavy atom. The van der Waals surface area contributed by atoms with Gasteiger partial charge in [-0.15, -0.1) is 0 Å². The topological polar surface area (TPSA) is 78.9 Å². The van der Waals surface area contributed by atoms with Crippen LogP contribution in [-0.2, 0) is 0 Å². The molecule has 0 aliphatic rings. The van der Waals surface area contributed by atoms with Crippen LogP contribution >= 0.6 is 15.9 Å². The average molecular weight is 328 g/mol. The number of carbonyl (C=O) groups is 1. The predicted molar refractivity (Wildman–Crippen MR) is 78.5 cm³/mol. The molecule has 0 heterocycles. The van der Waals surface area contributed by atoms with Crippen molar-refractivity contribution in [2.45, 2.75) is 26.8 Å². The smallest absolute Gasteiger partial charge is 0.255 e. The van der Waals surface area contributed by atoms with Gasteiger partial charge in [-0.25, -0.2) is 0 Å². The monoisotopic (exact) mass is 327 g/mol. The second kappa shape index (κ2) is 6.56. The highest BCUT2D eigenvalue weighted by molar-refractivity contribution is 9.10. The van der Waals surface area contributed by atoms with Crippen LogP contribution in [0.2, 0.25) is 0 Å². The lowest BCUT2D eigenvalue weighted by Gasteiger charge is -2.26. The van der Waals surface area contributed by atoms with Crippen molar-refractivity contribution < 1.29 is 10.0 Å². The van der Waals surface area contributed by atoms with Crippen molar-refractivity contribution in [3.05, 3.63) is 33.8 Å². The van der Waals surface area contributed by atoms with Gasteiger partial charge in [0.05, 0.1) is 12.1 Å². The quantitative estimate of drug-likeness (QED) is 0.385. The fourth-order valence-corrected chi connectivity index (χ4v) is 2.10. The second-order valence-electron chi connectivity index (χ2n) is 4.55. The third-order valence-corrected chi connectivity index (χ3v) is 3.82. The fourth-order valence-electron chi connectivity index (χ4n) is 1.66. The number of nitrogens with zero attached hydrogens (tertiary/aromatic N) is 2. The molecule has 1 amide bonds. The van der Waals surface area contributed by atoms with E-state index in [1.54, 1.807) is 11.0 Å². The molecule has 0 aliphatic carbocycles. The van der Waals surface area contributed by atoms with Gasteiger partial charge in [-0.1, -0.05) is 17.3 Å². The maximum Gasteiger partial charge on any atom is 0.255 e. The summed E-state index contributed by atoms with van der Waals surface area (Å²) >= 11 is 3.42. The molecule has 19 heavy (non-hydrogen) atoms. The summed E-state index contributed by atoms with van der Waals surface area (Å²) in [5.41, 5.74) is 7.04. The molecule has 0 aliphatic heterocycles. The van der Waals surface area contributed by atoms with Crippen LogP contribution in [-0.4, -0.2) is 34.4 Å².